The minimum atomic E-state index is -5.45. The van der Waals surface area contributed by atoms with Crippen LogP contribution in [-0.2, 0) is 14.8 Å². The van der Waals surface area contributed by atoms with E-state index in [1.54, 1.807) is 0 Å². The van der Waals surface area contributed by atoms with Gasteiger partial charge in [0.2, 0.25) is 16.1 Å². The van der Waals surface area contributed by atoms with Gasteiger partial charge in [-0.2, -0.15) is 17.9 Å². The van der Waals surface area contributed by atoms with Crippen LogP contribution in [0.5, 0.6) is 0 Å². The lowest BCUT2D eigenvalue weighted by Gasteiger charge is -2.18. The normalized spacial score (nSPS) is 13.0. The number of aryl methyl sites for hydroxylation is 1. The summed E-state index contributed by atoms with van der Waals surface area (Å²) in [6, 6.07) is 1.55. The maximum absolute atomic E-state index is 14.0. The number of hydrogen-bond acceptors (Lipinski definition) is 4. The Morgan fingerprint density at radius 1 is 1.03 bits per heavy atom. The first-order valence-corrected chi connectivity index (χ1v) is 9.39. The molecule has 0 bridgehead atoms. The van der Waals surface area contributed by atoms with Gasteiger partial charge in [-0.1, -0.05) is 6.07 Å². The van der Waals surface area contributed by atoms with Gasteiger partial charge in [-0.25, -0.2) is 17.2 Å². The third kappa shape index (κ3) is 5.30. The van der Waals surface area contributed by atoms with Crippen molar-refractivity contribution in [3.05, 3.63) is 59.2 Å². The molecule has 0 saturated heterocycles. The zero-order chi connectivity index (χ0) is 22.9. The summed E-state index contributed by atoms with van der Waals surface area (Å²) in [6.07, 6.45) is -5.45. The van der Waals surface area contributed by atoms with Crippen molar-refractivity contribution in [3.63, 3.8) is 0 Å². The van der Waals surface area contributed by atoms with Crippen molar-refractivity contribution in [2.45, 2.75) is 24.0 Å². The van der Waals surface area contributed by atoms with Gasteiger partial charge in [0.25, 0.3) is 5.91 Å². The fraction of sp³-hybridized carbons (Fsp3) is 0.176. The molecule has 162 valence electrons. The molecule has 0 fully saturated rings. The van der Waals surface area contributed by atoms with Gasteiger partial charge in [0.1, 0.15) is 11.6 Å². The largest absolute Gasteiger partial charge is 0.480 e. The number of anilines is 1. The van der Waals surface area contributed by atoms with Crippen molar-refractivity contribution in [3.8, 4) is 0 Å². The van der Waals surface area contributed by atoms with Gasteiger partial charge in [0.15, 0.2) is 0 Å². The van der Waals surface area contributed by atoms with Crippen LogP contribution in [0.2, 0.25) is 0 Å². The first kappa shape index (κ1) is 23.2. The van der Waals surface area contributed by atoms with Crippen molar-refractivity contribution in [1.82, 2.24) is 4.72 Å². The Morgan fingerprint density at radius 3 is 2.20 bits per heavy atom. The molecule has 0 spiro atoms. The molecule has 30 heavy (non-hydrogen) atoms. The van der Waals surface area contributed by atoms with Gasteiger partial charge in [-0.05, 0) is 42.8 Å². The smallest absolute Gasteiger partial charge is 0.415 e. The number of carbonyl (C=O) groups is 2. The number of carboxylic acids is 1. The molecule has 0 radical (unpaired) electrons. The predicted molar refractivity (Wildman–Crippen MR) is 93.3 cm³/mol. The van der Waals surface area contributed by atoms with E-state index < -0.39 is 56.2 Å². The fourth-order valence-electron chi connectivity index (χ4n) is 2.20. The second-order valence-corrected chi connectivity index (χ2v) is 7.71. The molecule has 2 rings (SSSR count). The summed E-state index contributed by atoms with van der Waals surface area (Å²) in [7, 11) is -5.10. The maximum atomic E-state index is 14.0. The average molecular weight is 452 g/mol. The second-order valence-electron chi connectivity index (χ2n) is 5.99. The first-order valence-electron chi connectivity index (χ1n) is 7.91. The Bertz CT molecular complexity index is 1100. The predicted octanol–water partition coefficient (Wildman–Crippen LogP) is 2.82. The SMILES string of the molecule is Cc1ccc(NC(=O)c2cc(S(=O)(=O)N[C@@H](C(=O)O)C(F)(F)F)ccc2F)cc1F. The van der Waals surface area contributed by atoms with Crippen molar-refractivity contribution in [2.24, 2.45) is 0 Å². The number of nitrogens with one attached hydrogen (secondary N) is 2. The lowest BCUT2D eigenvalue weighted by Crippen LogP contribution is -2.50. The van der Waals surface area contributed by atoms with Crippen LogP contribution >= 0.6 is 0 Å². The molecular formula is C17H13F5N2O5S. The summed E-state index contributed by atoms with van der Waals surface area (Å²) in [5, 5.41) is 10.7. The molecule has 2 aromatic carbocycles. The Labute approximate surface area is 166 Å². The van der Waals surface area contributed by atoms with Gasteiger partial charge >= 0.3 is 12.1 Å². The highest BCUT2D eigenvalue weighted by Crippen LogP contribution is 2.24. The van der Waals surface area contributed by atoms with Crippen molar-refractivity contribution in [1.29, 1.82) is 0 Å². The highest BCUT2D eigenvalue weighted by atomic mass is 32.2. The van der Waals surface area contributed by atoms with Crippen molar-refractivity contribution < 1.29 is 45.1 Å². The maximum Gasteiger partial charge on any atom is 0.415 e. The van der Waals surface area contributed by atoms with Crippen LogP contribution in [0.4, 0.5) is 27.6 Å². The zero-order valence-electron chi connectivity index (χ0n) is 14.9. The number of halogens is 5. The molecule has 1 atom stereocenters. The second kappa shape index (κ2) is 8.36. The number of amides is 1. The number of carboxylic acid groups (broad SMARTS) is 1. The van der Waals surface area contributed by atoms with E-state index in [1.165, 1.54) is 19.1 Å². The lowest BCUT2D eigenvalue weighted by atomic mass is 10.1. The summed E-state index contributed by atoms with van der Waals surface area (Å²) in [4.78, 5) is 22.0. The molecule has 0 aliphatic rings. The number of alkyl halides is 3. The molecule has 0 unspecified atom stereocenters. The fourth-order valence-corrected chi connectivity index (χ4v) is 3.40. The number of aliphatic carboxylic acids is 1. The molecule has 13 heteroatoms. The molecule has 0 aliphatic heterocycles. The standard InChI is InChI=1S/C17H13F5N2O5S/c1-8-2-3-9(6-13(8)19)23-15(25)11-7-10(4-5-12(11)18)30(28,29)24-14(16(26)27)17(20,21)22/h2-7,14,24H,1H3,(H,23,25)(H,26,27)/t14-/m0/s1. The van der Waals surface area contributed by atoms with E-state index in [1.807, 2.05) is 0 Å². The van der Waals surface area contributed by atoms with Crippen LogP contribution in [0.3, 0.4) is 0 Å². The monoisotopic (exact) mass is 452 g/mol. The van der Waals surface area contributed by atoms with Crippen LogP contribution in [0, 0.1) is 18.6 Å². The number of sulfonamides is 1. The Morgan fingerprint density at radius 2 is 1.67 bits per heavy atom. The number of hydrogen-bond donors (Lipinski definition) is 3. The molecule has 0 heterocycles. The van der Waals surface area contributed by atoms with E-state index in [4.69, 9.17) is 5.11 Å². The topological polar surface area (TPSA) is 113 Å². The van der Waals surface area contributed by atoms with Crippen LogP contribution in [0.1, 0.15) is 15.9 Å². The number of rotatable bonds is 6. The van der Waals surface area contributed by atoms with Gasteiger partial charge in [0, 0.05) is 5.69 Å². The van der Waals surface area contributed by atoms with E-state index >= 15 is 0 Å². The quantitative estimate of drug-likeness (QED) is 0.584. The first-order chi connectivity index (χ1) is 13.7. The summed E-state index contributed by atoms with van der Waals surface area (Å²) >= 11 is 0. The van der Waals surface area contributed by atoms with Crippen LogP contribution < -0.4 is 10.0 Å². The minimum absolute atomic E-state index is 0.0862. The Hall–Kier alpha value is -3.06. The third-order valence-electron chi connectivity index (χ3n) is 3.77. The van der Waals surface area contributed by atoms with Crippen LogP contribution in [-0.4, -0.2) is 37.6 Å². The molecule has 0 aliphatic carbocycles. The van der Waals surface area contributed by atoms with Gasteiger partial charge in [-0.3, -0.25) is 9.59 Å². The summed E-state index contributed by atoms with van der Waals surface area (Å²) in [6.45, 7) is 1.45. The highest BCUT2D eigenvalue weighted by molar-refractivity contribution is 7.89. The minimum Gasteiger partial charge on any atom is -0.480 e. The van der Waals surface area contributed by atoms with E-state index in [0.717, 1.165) is 10.8 Å². The molecule has 2 aromatic rings. The van der Waals surface area contributed by atoms with Crippen LogP contribution in [0.25, 0.3) is 0 Å². The molecule has 3 N–H and O–H groups in total. The number of carbonyl (C=O) groups excluding carboxylic acids is 1. The molecule has 1 amide bonds. The third-order valence-corrected chi connectivity index (χ3v) is 5.19. The summed E-state index contributed by atoms with van der Waals surface area (Å²) in [5.74, 6) is -5.61. The molecule has 0 saturated carbocycles. The molecule has 0 aromatic heterocycles. The zero-order valence-corrected chi connectivity index (χ0v) is 15.7. The van der Waals surface area contributed by atoms with Gasteiger partial charge < -0.3 is 10.4 Å². The summed E-state index contributed by atoms with van der Waals surface area (Å²) < 4.78 is 91.0. The summed E-state index contributed by atoms with van der Waals surface area (Å²) in [5.41, 5.74) is -0.703. The Balaban J connectivity index is 2.36. The van der Waals surface area contributed by atoms with Gasteiger partial charge in [0.05, 0.1) is 10.5 Å². The van der Waals surface area contributed by atoms with Crippen molar-refractivity contribution >= 4 is 27.6 Å². The van der Waals surface area contributed by atoms with Crippen molar-refractivity contribution in [2.75, 3.05) is 5.32 Å². The van der Waals surface area contributed by atoms with E-state index in [0.29, 0.717) is 18.2 Å². The highest BCUT2D eigenvalue weighted by Gasteiger charge is 2.47. The van der Waals surface area contributed by atoms with E-state index in [-0.39, 0.29) is 11.3 Å². The van der Waals surface area contributed by atoms with Gasteiger partial charge in [-0.15, -0.1) is 0 Å². The molecule has 7 nitrogen and oxygen atoms in total. The van der Waals surface area contributed by atoms with E-state index in [9.17, 15) is 40.0 Å². The number of benzene rings is 2. The average Bonchev–Trinajstić information content (AvgIpc) is 2.62. The van der Waals surface area contributed by atoms with E-state index in [2.05, 4.69) is 5.32 Å². The lowest BCUT2D eigenvalue weighted by molar-refractivity contribution is -0.177. The molecular weight excluding hydrogens is 439 g/mol. The van der Waals surface area contributed by atoms with Crippen LogP contribution in [0.15, 0.2) is 41.3 Å². The Kier molecular flexibility index (Phi) is 6.47.